The van der Waals surface area contributed by atoms with Crippen LogP contribution in [-0.2, 0) is 4.74 Å². The van der Waals surface area contributed by atoms with Crippen LogP contribution >= 0.6 is 0 Å². The van der Waals surface area contributed by atoms with Crippen LogP contribution in [0.3, 0.4) is 0 Å². The molecule has 2 rings (SSSR count). The zero-order chi connectivity index (χ0) is 18.8. The molecule has 2 aromatic carbocycles. The maximum Gasteiger partial charge on any atom is 0.123 e. The molecule has 0 atom stereocenters. The molecule has 0 unspecified atom stereocenters. The molecule has 0 saturated heterocycles. The lowest BCUT2D eigenvalue weighted by Crippen LogP contribution is -2.12. The van der Waals surface area contributed by atoms with Gasteiger partial charge in [-0.15, -0.1) is 0 Å². The van der Waals surface area contributed by atoms with Gasteiger partial charge in [-0.2, -0.15) is 0 Å². The molecule has 0 aliphatic carbocycles. The van der Waals surface area contributed by atoms with Crippen molar-refractivity contribution in [3.8, 4) is 17.2 Å². The predicted octanol–water partition coefficient (Wildman–Crippen LogP) is 4.99. The first kappa shape index (κ1) is 20.1. The van der Waals surface area contributed by atoms with Gasteiger partial charge in [-0.1, -0.05) is 32.0 Å². The van der Waals surface area contributed by atoms with Gasteiger partial charge in [0.15, 0.2) is 0 Å². The molecule has 4 heteroatoms. The van der Waals surface area contributed by atoms with Gasteiger partial charge in [-0.25, -0.2) is 0 Å². The van der Waals surface area contributed by atoms with E-state index < -0.39 is 0 Å². The fraction of sp³-hybridized carbons (Fsp3) is 0.455. The van der Waals surface area contributed by atoms with Gasteiger partial charge in [-0.05, 0) is 49.1 Å². The molecule has 0 aromatic heterocycles. The van der Waals surface area contributed by atoms with Crippen LogP contribution < -0.4 is 14.2 Å². The van der Waals surface area contributed by atoms with Crippen molar-refractivity contribution in [1.29, 1.82) is 0 Å². The highest BCUT2D eigenvalue weighted by Gasteiger charge is 2.05. The Morgan fingerprint density at radius 2 is 1.50 bits per heavy atom. The number of hydrogen-bond donors (Lipinski definition) is 0. The molecule has 0 aliphatic heterocycles. The average molecular weight is 358 g/mol. The second-order valence-electron chi connectivity index (χ2n) is 6.40. The van der Waals surface area contributed by atoms with Crippen molar-refractivity contribution in [2.24, 2.45) is 0 Å². The minimum atomic E-state index is 0.493. The molecule has 0 radical (unpaired) electrons. The molecule has 142 valence electrons. The lowest BCUT2D eigenvalue weighted by Gasteiger charge is -2.13. The summed E-state index contributed by atoms with van der Waals surface area (Å²) in [7, 11) is 0. The second kappa shape index (κ2) is 10.7. The molecular formula is C22H30O4. The van der Waals surface area contributed by atoms with Crippen LogP contribution in [0.1, 0.15) is 37.8 Å². The number of aryl methyl sites for hydroxylation is 1. The molecule has 0 aliphatic rings. The minimum absolute atomic E-state index is 0.493. The first-order chi connectivity index (χ1) is 12.6. The van der Waals surface area contributed by atoms with Crippen LogP contribution in [0.25, 0.3) is 0 Å². The maximum atomic E-state index is 5.85. The Kier molecular flexibility index (Phi) is 8.29. The average Bonchev–Trinajstić information content (AvgIpc) is 2.62. The van der Waals surface area contributed by atoms with Crippen molar-refractivity contribution < 1.29 is 18.9 Å². The quantitative estimate of drug-likeness (QED) is 0.530. The molecule has 0 amide bonds. The first-order valence-corrected chi connectivity index (χ1v) is 9.27. The molecule has 26 heavy (non-hydrogen) atoms. The maximum absolute atomic E-state index is 5.85. The Labute approximate surface area is 157 Å². The van der Waals surface area contributed by atoms with E-state index in [1.54, 1.807) is 0 Å². The molecule has 0 bridgehead atoms. The van der Waals surface area contributed by atoms with E-state index in [0.717, 1.165) is 22.8 Å². The van der Waals surface area contributed by atoms with Crippen LogP contribution in [0, 0.1) is 6.92 Å². The number of hydrogen-bond acceptors (Lipinski definition) is 4. The van der Waals surface area contributed by atoms with E-state index in [2.05, 4.69) is 39.0 Å². The number of rotatable bonds is 11. The molecule has 0 spiro atoms. The molecule has 0 heterocycles. The molecule has 0 N–H and O–H groups in total. The van der Waals surface area contributed by atoms with Crippen LogP contribution in [0.15, 0.2) is 42.5 Å². The minimum Gasteiger partial charge on any atom is -0.494 e. The summed E-state index contributed by atoms with van der Waals surface area (Å²) in [5.74, 6) is 3.03. The normalized spacial score (nSPS) is 10.8. The van der Waals surface area contributed by atoms with Crippen molar-refractivity contribution in [3.63, 3.8) is 0 Å². The van der Waals surface area contributed by atoms with Gasteiger partial charge in [-0.3, -0.25) is 0 Å². The van der Waals surface area contributed by atoms with Crippen LogP contribution in [0.4, 0.5) is 0 Å². The van der Waals surface area contributed by atoms with E-state index in [0.29, 0.717) is 39.0 Å². The zero-order valence-electron chi connectivity index (χ0n) is 16.3. The third-order valence-electron chi connectivity index (χ3n) is 3.98. The van der Waals surface area contributed by atoms with E-state index in [9.17, 15) is 0 Å². The smallest absolute Gasteiger partial charge is 0.123 e. The van der Waals surface area contributed by atoms with Crippen molar-refractivity contribution in [3.05, 3.63) is 53.6 Å². The van der Waals surface area contributed by atoms with Gasteiger partial charge in [0.1, 0.15) is 30.5 Å². The lowest BCUT2D eigenvalue weighted by molar-refractivity contribution is 0.0762. The van der Waals surface area contributed by atoms with E-state index in [1.807, 2.05) is 31.2 Å². The summed E-state index contributed by atoms with van der Waals surface area (Å²) in [6.45, 7) is 11.1. The molecule has 0 saturated carbocycles. The number of benzene rings is 2. The Morgan fingerprint density at radius 3 is 2.19 bits per heavy atom. The molecule has 0 fully saturated rings. The van der Waals surface area contributed by atoms with Gasteiger partial charge in [0, 0.05) is 6.07 Å². The van der Waals surface area contributed by atoms with Crippen molar-refractivity contribution in [1.82, 2.24) is 0 Å². The van der Waals surface area contributed by atoms with Gasteiger partial charge in [0.25, 0.3) is 0 Å². The van der Waals surface area contributed by atoms with Gasteiger partial charge in [0.05, 0.1) is 19.8 Å². The highest BCUT2D eigenvalue weighted by Crippen LogP contribution is 2.24. The second-order valence-corrected chi connectivity index (χ2v) is 6.40. The van der Waals surface area contributed by atoms with E-state index in [4.69, 9.17) is 18.9 Å². The summed E-state index contributed by atoms with van der Waals surface area (Å²) in [4.78, 5) is 0. The monoisotopic (exact) mass is 358 g/mol. The van der Waals surface area contributed by atoms with Gasteiger partial charge >= 0.3 is 0 Å². The summed E-state index contributed by atoms with van der Waals surface area (Å²) >= 11 is 0. The summed E-state index contributed by atoms with van der Waals surface area (Å²) in [6, 6.07) is 14.0. The van der Waals surface area contributed by atoms with E-state index >= 15 is 0 Å². The van der Waals surface area contributed by atoms with E-state index in [1.165, 1.54) is 5.56 Å². The van der Waals surface area contributed by atoms with Gasteiger partial charge < -0.3 is 18.9 Å². The topological polar surface area (TPSA) is 36.9 Å². The first-order valence-electron chi connectivity index (χ1n) is 9.27. The van der Waals surface area contributed by atoms with Gasteiger partial charge in [0.2, 0.25) is 0 Å². The summed E-state index contributed by atoms with van der Waals surface area (Å²) < 4.78 is 22.6. The Hall–Kier alpha value is -2.20. The Morgan fingerprint density at radius 1 is 0.808 bits per heavy atom. The third kappa shape index (κ3) is 6.60. The highest BCUT2D eigenvalue weighted by molar-refractivity contribution is 5.37. The number of ether oxygens (including phenoxy) is 4. The van der Waals surface area contributed by atoms with Crippen molar-refractivity contribution in [2.75, 3.05) is 33.0 Å². The summed E-state index contributed by atoms with van der Waals surface area (Å²) in [5.41, 5.74) is 2.43. The zero-order valence-corrected chi connectivity index (χ0v) is 16.3. The Balaban J connectivity index is 1.64. The summed E-state index contributed by atoms with van der Waals surface area (Å²) in [5, 5.41) is 0. The standard InChI is InChI=1S/C22H30O4/c1-5-24-20-7-6-8-21(16-20)25-13-11-23-12-14-26-22-15-19(17(2)3)10-9-18(22)4/h6-10,15-17H,5,11-14H2,1-4H3. The summed E-state index contributed by atoms with van der Waals surface area (Å²) in [6.07, 6.45) is 0. The molecule has 2 aromatic rings. The van der Waals surface area contributed by atoms with E-state index in [-0.39, 0.29) is 0 Å². The highest BCUT2D eigenvalue weighted by atomic mass is 16.5. The SMILES string of the molecule is CCOc1cccc(OCCOCCOc2cc(C(C)C)ccc2C)c1. The van der Waals surface area contributed by atoms with Crippen LogP contribution in [-0.4, -0.2) is 33.0 Å². The van der Waals surface area contributed by atoms with Crippen molar-refractivity contribution in [2.45, 2.75) is 33.6 Å². The van der Waals surface area contributed by atoms with Crippen molar-refractivity contribution >= 4 is 0 Å². The van der Waals surface area contributed by atoms with Crippen LogP contribution in [0.2, 0.25) is 0 Å². The fourth-order valence-corrected chi connectivity index (χ4v) is 2.48. The molecule has 4 nitrogen and oxygen atoms in total. The predicted molar refractivity (Wildman–Crippen MR) is 105 cm³/mol. The van der Waals surface area contributed by atoms with Crippen LogP contribution in [0.5, 0.6) is 17.2 Å². The fourth-order valence-electron chi connectivity index (χ4n) is 2.48. The largest absolute Gasteiger partial charge is 0.494 e. The third-order valence-corrected chi connectivity index (χ3v) is 3.98. The Bertz CT molecular complexity index is 667. The lowest BCUT2D eigenvalue weighted by atomic mass is 10.0. The molecular weight excluding hydrogens is 328 g/mol.